The number of hydrogen-bond acceptors (Lipinski definition) is 2. The van der Waals surface area contributed by atoms with Crippen molar-refractivity contribution in [1.82, 2.24) is 19.3 Å². The fourth-order valence-corrected chi connectivity index (χ4v) is 2.88. The van der Waals surface area contributed by atoms with Crippen molar-refractivity contribution in [3.05, 3.63) is 40.0 Å². The van der Waals surface area contributed by atoms with Crippen molar-refractivity contribution >= 4 is 23.4 Å². The second kappa shape index (κ2) is 5.11. The van der Waals surface area contributed by atoms with Gasteiger partial charge in [-0.3, -0.25) is 4.57 Å². The van der Waals surface area contributed by atoms with Crippen molar-refractivity contribution in [1.29, 1.82) is 0 Å². The van der Waals surface area contributed by atoms with Crippen molar-refractivity contribution in [2.45, 2.75) is 26.7 Å². The van der Waals surface area contributed by atoms with Gasteiger partial charge >= 0.3 is 0 Å². The molecule has 0 spiro atoms. The maximum Gasteiger partial charge on any atom is 0.184 e. The van der Waals surface area contributed by atoms with Gasteiger partial charge < -0.3 is 4.98 Å². The fourth-order valence-electron chi connectivity index (χ4n) is 2.59. The van der Waals surface area contributed by atoms with E-state index < -0.39 is 0 Å². The molecule has 0 aliphatic rings. The number of rotatable bonds is 3. The Labute approximate surface area is 127 Å². The molecule has 0 atom stereocenters. The van der Waals surface area contributed by atoms with E-state index in [9.17, 15) is 4.39 Å². The zero-order valence-corrected chi connectivity index (χ0v) is 13.1. The Hall–Kier alpha value is -1.95. The number of benzene rings is 1. The molecule has 0 saturated heterocycles. The molecule has 0 unspecified atom stereocenters. The first-order chi connectivity index (χ1) is 10.0. The molecular weight excluding hydrogens is 287 g/mol. The lowest BCUT2D eigenvalue weighted by Gasteiger charge is -2.06. The topological polar surface area (TPSA) is 38.5 Å². The van der Waals surface area contributed by atoms with Crippen molar-refractivity contribution in [3.8, 4) is 5.69 Å². The Balaban J connectivity index is 2.29. The monoisotopic (exact) mass is 304 g/mol. The van der Waals surface area contributed by atoms with Gasteiger partial charge in [0.1, 0.15) is 11.3 Å². The van der Waals surface area contributed by atoms with Crippen LogP contribution in [0.2, 0.25) is 0 Å². The van der Waals surface area contributed by atoms with E-state index >= 15 is 0 Å². The third kappa shape index (κ3) is 2.19. The van der Waals surface area contributed by atoms with Crippen LogP contribution in [0.1, 0.15) is 24.6 Å². The Kier molecular flexibility index (Phi) is 3.41. The number of aromatic nitrogens is 4. The van der Waals surface area contributed by atoms with Gasteiger partial charge in [-0.25, -0.2) is 9.07 Å². The lowest BCUT2D eigenvalue weighted by molar-refractivity contribution is 0.617. The van der Waals surface area contributed by atoms with Gasteiger partial charge in [0.2, 0.25) is 0 Å². The van der Waals surface area contributed by atoms with Crippen LogP contribution in [0.3, 0.4) is 0 Å². The fraction of sp³-hybridized carbons (Fsp3) is 0.333. The number of nitrogens with zero attached hydrogens (tertiary/aromatic N) is 3. The Morgan fingerprint density at radius 1 is 1.38 bits per heavy atom. The van der Waals surface area contributed by atoms with E-state index in [1.165, 1.54) is 6.07 Å². The van der Waals surface area contributed by atoms with Crippen LogP contribution in [0.15, 0.2) is 18.2 Å². The Bertz CT molecular complexity index is 872. The molecule has 0 amide bonds. The largest absolute Gasteiger partial charge is 0.327 e. The third-order valence-electron chi connectivity index (χ3n) is 3.64. The van der Waals surface area contributed by atoms with Crippen molar-refractivity contribution < 1.29 is 4.39 Å². The van der Waals surface area contributed by atoms with Crippen LogP contribution in [0, 0.1) is 17.5 Å². The van der Waals surface area contributed by atoms with Gasteiger partial charge in [-0.1, -0.05) is 19.4 Å². The van der Waals surface area contributed by atoms with E-state index in [-0.39, 0.29) is 5.82 Å². The summed E-state index contributed by atoms with van der Waals surface area (Å²) in [4.78, 5) is 3.21. The smallest absolute Gasteiger partial charge is 0.184 e. The van der Waals surface area contributed by atoms with Gasteiger partial charge in [-0.05, 0) is 43.3 Å². The average molecular weight is 304 g/mol. The summed E-state index contributed by atoms with van der Waals surface area (Å²) >= 11 is 5.41. The molecule has 0 fully saturated rings. The van der Waals surface area contributed by atoms with Gasteiger partial charge in [0.05, 0.1) is 11.4 Å². The van der Waals surface area contributed by atoms with Crippen LogP contribution in [0.5, 0.6) is 0 Å². The molecule has 0 bridgehead atoms. The molecule has 0 radical (unpaired) electrons. The summed E-state index contributed by atoms with van der Waals surface area (Å²) in [6.07, 6.45) is 1.89. The van der Waals surface area contributed by atoms with Crippen LogP contribution < -0.4 is 0 Å². The van der Waals surface area contributed by atoms with Crippen LogP contribution >= 0.6 is 12.2 Å². The van der Waals surface area contributed by atoms with E-state index in [4.69, 9.17) is 12.2 Å². The lowest BCUT2D eigenvalue weighted by atomic mass is 10.2. The number of fused-ring (bicyclic) bond motifs is 1. The molecule has 2 heterocycles. The maximum absolute atomic E-state index is 13.8. The van der Waals surface area contributed by atoms with Crippen LogP contribution in [-0.4, -0.2) is 19.3 Å². The molecule has 0 aliphatic heterocycles. The summed E-state index contributed by atoms with van der Waals surface area (Å²) in [6.45, 7) is 3.86. The van der Waals surface area contributed by atoms with E-state index in [0.29, 0.717) is 16.0 Å². The molecule has 0 saturated carbocycles. The SMILES string of the molecule is CCCc1nn(C)c2c1[nH]c(=S)n2-c1ccc(C)c(F)c1. The minimum absolute atomic E-state index is 0.236. The molecule has 4 nitrogen and oxygen atoms in total. The molecule has 1 N–H and O–H groups in total. The van der Waals surface area contributed by atoms with E-state index in [1.54, 1.807) is 17.7 Å². The summed E-state index contributed by atoms with van der Waals surface area (Å²) in [5.41, 5.74) is 4.12. The minimum Gasteiger partial charge on any atom is -0.327 e. The first-order valence-corrected chi connectivity index (χ1v) is 7.37. The number of H-pyrrole nitrogens is 1. The molecule has 6 heteroatoms. The van der Waals surface area contributed by atoms with Gasteiger partial charge in [0.25, 0.3) is 0 Å². The van der Waals surface area contributed by atoms with Crippen LogP contribution in [0.4, 0.5) is 4.39 Å². The van der Waals surface area contributed by atoms with Crippen molar-refractivity contribution in [2.75, 3.05) is 0 Å². The molecule has 2 aromatic heterocycles. The second-order valence-corrected chi connectivity index (χ2v) is 5.60. The van der Waals surface area contributed by atoms with E-state index in [2.05, 4.69) is 17.0 Å². The highest BCUT2D eigenvalue weighted by Crippen LogP contribution is 2.23. The zero-order chi connectivity index (χ0) is 15.1. The highest BCUT2D eigenvalue weighted by Gasteiger charge is 2.16. The predicted molar refractivity (Wildman–Crippen MR) is 83.9 cm³/mol. The lowest BCUT2D eigenvalue weighted by Crippen LogP contribution is -2.01. The highest BCUT2D eigenvalue weighted by atomic mass is 32.1. The first kappa shape index (κ1) is 14.0. The summed E-state index contributed by atoms with van der Waals surface area (Å²) in [6, 6.07) is 5.13. The number of aromatic amines is 1. The van der Waals surface area contributed by atoms with Gasteiger partial charge in [0.15, 0.2) is 10.4 Å². The molecule has 3 aromatic rings. The number of aryl methyl sites for hydroxylation is 3. The molecule has 0 aliphatic carbocycles. The summed E-state index contributed by atoms with van der Waals surface area (Å²) < 4.78 is 18.0. The maximum atomic E-state index is 13.8. The van der Waals surface area contributed by atoms with Gasteiger partial charge in [-0.2, -0.15) is 5.10 Å². The molecule has 3 rings (SSSR count). The normalized spacial score (nSPS) is 11.4. The molecule has 1 aromatic carbocycles. The van der Waals surface area contributed by atoms with Gasteiger partial charge in [0, 0.05) is 7.05 Å². The van der Waals surface area contributed by atoms with E-state index in [1.807, 2.05) is 17.7 Å². The predicted octanol–water partition coefficient (Wildman–Crippen LogP) is 3.82. The number of hydrogen-bond donors (Lipinski definition) is 1. The summed E-state index contributed by atoms with van der Waals surface area (Å²) in [5, 5.41) is 4.53. The average Bonchev–Trinajstić information content (AvgIpc) is 2.92. The van der Waals surface area contributed by atoms with Crippen molar-refractivity contribution in [2.24, 2.45) is 7.05 Å². The third-order valence-corrected chi connectivity index (χ3v) is 3.92. The number of imidazole rings is 1. The standard InChI is InChI=1S/C15H17FN4S/c1-4-5-12-13-14(19(3)18-12)20(15(21)17-13)10-7-6-9(2)11(16)8-10/h6-8H,4-5H2,1-3H3,(H,17,21). The summed E-state index contributed by atoms with van der Waals surface area (Å²) in [7, 11) is 1.88. The van der Waals surface area contributed by atoms with Crippen LogP contribution in [-0.2, 0) is 13.5 Å². The molecule has 110 valence electrons. The van der Waals surface area contributed by atoms with Crippen molar-refractivity contribution in [3.63, 3.8) is 0 Å². The zero-order valence-electron chi connectivity index (χ0n) is 12.3. The van der Waals surface area contributed by atoms with E-state index in [0.717, 1.165) is 29.7 Å². The Morgan fingerprint density at radius 3 is 2.81 bits per heavy atom. The Morgan fingerprint density at radius 2 is 2.14 bits per heavy atom. The number of nitrogens with one attached hydrogen (secondary N) is 1. The van der Waals surface area contributed by atoms with Crippen LogP contribution in [0.25, 0.3) is 16.9 Å². The van der Waals surface area contributed by atoms with Gasteiger partial charge in [-0.15, -0.1) is 0 Å². The quantitative estimate of drug-likeness (QED) is 0.747. The number of halogens is 1. The first-order valence-electron chi connectivity index (χ1n) is 6.96. The minimum atomic E-state index is -0.236. The molecular formula is C15H17FN4S. The second-order valence-electron chi connectivity index (χ2n) is 5.22. The summed E-state index contributed by atoms with van der Waals surface area (Å²) in [5.74, 6) is -0.236. The molecule has 21 heavy (non-hydrogen) atoms. The highest BCUT2D eigenvalue weighted by molar-refractivity contribution is 7.71.